The highest BCUT2D eigenvalue weighted by molar-refractivity contribution is 5.93. The van der Waals surface area contributed by atoms with Crippen molar-refractivity contribution in [1.29, 1.82) is 0 Å². The lowest BCUT2D eigenvalue weighted by Crippen LogP contribution is -2.28. The number of hydroxylamine groups is 1. The van der Waals surface area contributed by atoms with Crippen LogP contribution in [0.3, 0.4) is 0 Å². The number of carbonyl (C=O) groups excluding carboxylic acids is 1. The van der Waals surface area contributed by atoms with Crippen molar-refractivity contribution in [3.63, 3.8) is 0 Å². The molecule has 1 N–H and O–H groups in total. The highest BCUT2D eigenvalue weighted by Crippen LogP contribution is 2.25. The van der Waals surface area contributed by atoms with Crippen molar-refractivity contribution in [2.24, 2.45) is 5.92 Å². The fourth-order valence-electron chi connectivity index (χ4n) is 1.53. The fourth-order valence-corrected chi connectivity index (χ4v) is 1.53. The molecule has 0 aromatic heterocycles. The predicted molar refractivity (Wildman–Crippen MR) is 57.2 cm³/mol. The molecule has 0 heterocycles. The van der Waals surface area contributed by atoms with Gasteiger partial charge in [0, 0.05) is 5.56 Å². The molecular formula is C12H15NO2. The monoisotopic (exact) mass is 205 g/mol. The summed E-state index contributed by atoms with van der Waals surface area (Å²) in [4.78, 5) is 16.7. The molecule has 0 aliphatic heterocycles. The van der Waals surface area contributed by atoms with Crippen molar-refractivity contribution in [3.05, 3.63) is 35.9 Å². The molecule has 1 fully saturated rings. The first-order chi connectivity index (χ1) is 7.36. The van der Waals surface area contributed by atoms with Gasteiger partial charge in [-0.2, -0.15) is 0 Å². The van der Waals surface area contributed by atoms with Crippen molar-refractivity contribution in [3.8, 4) is 0 Å². The Bertz CT molecular complexity index is 320. The Balaban J connectivity index is 1.72. The predicted octanol–water partition coefficient (Wildman–Crippen LogP) is 2.15. The summed E-state index contributed by atoms with van der Waals surface area (Å²) in [6, 6.07) is 9.08. The van der Waals surface area contributed by atoms with Crippen molar-refractivity contribution in [1.82, 2.24) is 5.48 Å². The zero-order valence-electron chi connectivity index (χ0n) is 8.61. The van der Waals surface area contributed by atoms with Crippen molar-refractivity contribution >= 4 is 5.91 Å². The van der Waals surface area contributed by atoms with E-state index < -0.39 is 0 Å². The highest BCUT2D eigenvalue weighted by atomic mass is 16.6. The molecule has 1 aromatic carbocycles. The van der Waals surface area contributed by atoms with E-state index in [-0.39, 0.29) is 5.91 Å². The smallest absolute Gasteiger partial charge is 0.273 e. The van der Waals surface area contributed by atoms with Crippen LogP contribution in [0.1, 0.15) is 29.6 Å². The molecule has 1 saturated carbocycles. The van der Waals surface area contributed by atoms with Gasteiger partial charge in [-0.05, 0) is 30.9 Å². The van der Waals surface area contributed by atoms with E-state index in [9.17, 15) is 4.79 Å². The van der Waals surface area contributed by atoms with Crippen LogP contribution in [0.2, 0.25) is 0 Å². The molecule has 80 valence electrons. The molecular weight excluding hydrogens is 190 g/mol. The maximum Gasteiger partial charge on any atom is 0.274 e. The summed E-state index contributed by atoms with van der Waals surface area (Å²) in [6.07, 6.45) is 3.74. The van der Waals surface area contributed by atoms with Gasteiger partial charge in [0.1, 0.15) is 0 Å². The molecule has 0 spiro atoms. The average molecular weight is 205 g/mol. The van der Waals surface area contributed by atoms with Crippen LogP contribution in [0, 0.1) is 5.92 Å². The molecule has 2 rings (SSSR count). The first-order valence-electron chi connectivity index (χ1n) is 5.33. The summed E-state index contributed by atoms with van der Waals surface area (Å²) in [5.41, 5.74) is 3.09. The van der Waals surface area contributed by atoms with Gasteiger partial charge in [-0.25, -0.2) is 5.48 Å². The van der Waals surface area contributed by atoms with Crippen LogP contribution < -0.4 is 5.48 Å². The lowest BCUT2D eigenvalue weighted by atomic mass is 9.86. The summed E-state index contributed by atoms with van der Waals surface area (Å²) in [5, 5.41) is 0. The van der Waals surface area contributed by atoms with Crippen LogP contribution in [0.5, 0.6) is 0 Å². The molecule has 15 heavy (non-hydrogen) atoms. The molecule has 3 nitrogen and oxygen atoms in total. The van der Waals surface area contributed by atoms with Crippen LogP contribution in [0.25, 0.3) is 0 Å². The molecule has 0 unspecified atom stereocenters. The summed E-state index contributed by atoms with van der Waals surface area (Å²) in [5.74, 6) is 0.469. The third kappa shape index (κ3) is 2.80. The molecule has 1 aliphatic rings. The second kappa shape index (κ2) is 4.94. The van der Waals surface area contributed by atoms with Gasteiger partial charge in [0.15, 0.2) is 0 Å². The van der Waals surface area contributed by atoms with Gasteiger partial charge in [-0.15, -0.1) is 0 Å². The number of hydrogen-bond acceptors (Lipinski definition) is 2. The first kappa shape index (κ1) is 10.2. The van der Waals surface area contributed by atoms with Gasteiger partial charge in [0.2, 0.25) is 0 Å². The Morgan fingerprint density at radius 2 is 2.07 bits per heavy atom. The lowest BCUT2D eigenvalue weighted by Gasteiger charge is -2.24. The number of nitrogens with one attached hydrogen (secondary N) is 1. The third-order valence-electron chi connectivity index (χ3n) is 2.74. The molecule has 1 aliphatic carbocycles. The van der Waals surface area contributed by atoms with Gasteiger partial charge in [-0.1, -0.05) is 24.6 Å². The molecule has 0 radical (unpaired) electrons. The average Bonchev–Trinajstić information content (AvgIpc) is 2.23. The molecule has 0 atom stereocenters. The Labute approximate surface area is 89.4 Å². The molecule has 0 saturated heterocycles. The molecule has 1 aromatic rings. The maximum absolute atomic E-state index is 11.5. The van der Waals surface area contributed by atoms with Crippen LogP contribution in [0.4, 0.5) is 0 Å². The third-order valence-corrected chi connectivity index (χ3v) is 2.74. The Morgan fingerprint density at radius 3 is 2.67 bits per heavy atom. The fraction of sp³-hybridized carbons (Fsp3) is 0.417. The normalized spacial score (nSPS) is 15.7. The van der Waals surface area contributed by atoms with E-state index >= 15 is 0 Å². The summed E-state index contributed by atoms with van der Waals surface area (Å²) < 4.78 is 0. The number of hydrogen-bond donors (Lipinski definition) is 1. The zero-order chi connectivity index (χ0) is 10.5. The Kier molecular flexibility index (Phi) is 3.35. The first-order valence-corrected chi connectivity index (χ1v) is 5.33. The summed E-state index contributed by atoms with van der Waals surface area (Å²) >= 11 is 0. The van der Waals surface area contributed by atoms with E-state index in [0.717, 1.165) is 0 Å². The number of amides is 1. The van der Waals surface area contributed by atoms with Gasteiger partial charge < -0.3 is 0 Å². The van der Waals surface area contributed by atoms with Gasteiger partial charge in [-0.3, -0.25) is 9.63 Å². The quantitative estimate of drug-likeness (QED) is 0.765. The minimum Gasteiger partial charge on any atom is -0.273 e. The van der Waals surface area contributed by atoms with Crippen molar-refractivity contribution < 1.29 is 9.63 Å². The zero-order valence-corrected chi connectivity index (χ0v) is 8.61. The largest absolute Gasteiger partial charge is 0.274 e. The number of carbonyl (C=O) groups is 1. The van der Waals surface area contributed by atoms with E-state index in [0.29, 0.717) is 18.1 Å². The standard InChI is InChI=1S/C12H15NO2/c14-12(11-7-2-1-3-8-11)13-15-9-10-5-4-6-10/h1-3,7-8,10H,4-6,9H2,(H,13,14). The van der Waals surface area contributed by atoms with E-state index in [2.05, 4.69) is 5.48 Å². The number of benzene rings is 1. The van der Waals surface area contributed by atoms with Crippen LogP contribution >= 0.6 is 0 Å². The van der Waals surface area contributed by atoms with Crippen LogP contribution in [-0.4, -0.2) is 12.5 Å². The second-order valence-corrected chi connectivity index (χ2v) is 3.91. The topological polar surface area (TPSA) is 38.3 Å². The highest BCUT2D eigenvalue weighted by Gasteiger charge is 2.17. The summed E-state index contributed by atoms with van der Waals surface area (Å²) in [6.45, 7) is 0.637. The van der Waals surface area contributed by atoms with Gasteiger partial charge >= 0.3 is 0 Å². The van der Waals surface area contributed by atoms with Crippen molar-refractivity contribution in [2.45, 2.75) is 19.3 Å². The molecule has 1 amide bonds. The minimum atomic E-state index is -0.171. The van der Waals surface area contributed by atoms with E-state index in [1.807, 2.05) is 18.2 Å². The summed E-state index contributed by atoms with van der Waals surface area (Å²) in [7, 11) is 0. The SMILES string of the molecule is O=C(NOCC1CCC1)c1ccccc1. The van der Waals surface area contributed by atoms with E-state index in [4.69, 9.17) is 4.84 Å². The Hall–Kier alpha value is -1.35. The second-order valence-electron chi connectivity index (χ2n) is 3.91. The lowest BCUT2D eigenvalue weighted by molar-refractivity contribution is 0.00319. The van der Waals surface area contributed by atoms with Gasteiger partial charge in [0.25, 0.3) is 5.91 Å². The van der Waals surface area contributed by atoms with Crippen molar-refractivity contribution in [2.75, 3.05) is 6.61 Å². The van der Waals surface area contributed by atoms with E-state index in [1.54, 1.807) is 12.1 Å². The van der Waals surface area contributed by atoms with Crippen LogP contribution in [-0.2, 0) is 4.84 Å². The Morgan fingerprint density at radius 1 is 1.33 bits per heavy atom. The minimum absolute atomic E-state index is 0.171. The van der Waals surface area contributed by atoms with Gasteiger partial charge in [0.05, 0.1) is 6.61 Å². The van der Waals surface area contributed by atoms with Crippen LogP contribution in [0.15, 0.2) is 30.3 Å². The van der Waals surface area contributed by atoms with E-state index in [1.165, 1.54) is 19.3 Å². The number of rotatable bonds is 4. The molecule has 3 heteroatoms. The molecule has 0 bridgehead atoms. The maximum atomic E-state index is 11.5.